The van der Waals surface area contributed by atoms with Crippen molar-refractivity contribution in [1.82, 2.24) is 25.5 Å². The van der Waals surface area contributed by atoms with Crippen molar-refractivity contribution in [3.05, 3.63) is 112 Å². The summed E-state index contributed by atoms with van der Waals surface area (Å²) in [6.45, 7) is 3.86. The Morgan fingerprint density at radius 1 is 1.24 bits per heavy atom. The number of carbonyl (C=O) groups excluding carboxylic acids is 1. The average Bonchev–Trinajstić information content (AvgIpc) is 3.74. The largest absolute Gasteiger partial charge is 0.436 e. The second kappa shape index (κ2) is 14.7. The van der Waals surface area contributed by atoms with Crippen molar-refractivity contribution in [3.63, 3.8) is 0 Å². The number of hydrogen-bond donors (Lipinski definition) is 3. The molecule has 2 unspecified atom stereocenters. The first-order valence-electron chi connectivity index (χ1n) is 17.2. The Kier molecular flexibility index (Phi) is 10.1. The molecule has 1 saturated carbocycles. The number of hydrogen-bond acceptors (Lipinski definition) is 9. The van der Waals surface area contributed by atoms with E-state index >= 15 is 0 Å². The van der Waals surface area contributed by atoms with Gasteiger partial charge >= 0.3 is 0 Å². The van der Waals surface area contributed by atoms with Crippen molar-refractivity contribution in [2.24, 2.45) is 0 Å². The van der Waals surface area contributed by atoms with Gasteiger partial charge in [-0.05, 0) is 83.9 Å². The Labute approximate surface area is 301 Å². The molecule has 51 heavy (non-hydrogen) atoms. The second-order valence-corrected chi connectivity index (χ2v) is 14.1. The van der Waals surface area contributed by atoms with Gasteiger partial charge in [0.25, 0.3) is 5.91 Å². The molecular formula is C39H40ClFN6O4. The summed E-state index contributed by atoms with van der Waals surface area (Å²) in [5, 5.41) is 26.1. The molecule has 3 aliphatic rings. The van der Waals surface area contributed by atoms with E-state index in [9.17, 15) is 19.6 Å². The number of allylic oxidation sites excluding steroid dienone is 2. The molecule has 1 aliphatic heterocycles. The number of benzene rings is 2. The highest BCUT2D eigenvalue weighted by atomic mass is 35.5. The van der Waals surface area contributed by atoms with E-state index in [4.69, 9.17) is 25.7 Å². The summed E-state index contributed by atoms with van der Waals surface area (Å²) in [5.74, 6) is -0.405. The van der Waals surface area contributed by atoms with Crippen molar-refractivity contribution >= 4 is 34.2 Å². The van der Waals surface area contributed by atoms with Crippen LogP contribution in [0.5, 0.6) is 0 Å². The first-order valence-corrected chi connectivity index (χ1v) is 17.6. The van der Waals surface area contributed by atoms with Gasteiger partial charge in [0.2, 0.25) is 5.89 Å². The summed E-state index contributed by atoms with van der Waals surface area (Å²) >= 11 is 7.43. The van der Waals surface area contributed by atoms with Crippen LogP contribution in [0, 0.1) is 18.3 Å². The van der Waals surface area contributed by atoms with Gasteiger partial charge in [0.1, 0.15) is 23.5 Å². The van der Waals surface area contributed by atoms with E-state index in [-0.39, 0.29) is 41.5 Å². The number of aliphatic hydroxyl groups excluding tert-OH is 1. The standard InChI is InChI=1S/C39H40ClFN6O4/c1-23-7-3-4-8-29(23)30-9-6-12-39(36(30)40,38-45-32-14-24(19-47-20-28(41)21-47)13-25(16-42)35(32)51-38)46-37(49)33-15-26(22-50-2)27(18-44-33)17-43-31-10-5-11-34(31)48/h3-4,6-9,12-15,18,28,31,34,36,43,48H,5,10-11,17,19-22H2,1-2H3,(H,46,49)/t31-,34+,36?,39?/m0/s1. The minimum atomic E-state index is -1.49. The number of nitrogens with one attached hydrogen (secondary N) is 2. The van der Waals surface area contributed by atoms with E-state index in [1.807, 2.05) is 54.3 Å². The fourth-order valence-corrected chi connectivity index (χ4v) is 7.70. The first-order chi connectivity index (χ1) is 24.7. The Morgan fingerprint density at radius 2 is 2.06 bits per heavy atom. The number of aliphatic hydroxyl groups is 1. The Balaban J connectivity index is 1.26. The van der Waals surface area contributed by atoms with Crippen LogP contribution in [0.25, 0.3) is 16.7 Å². The van der Waals surface area contributed by atoms with Crippen molar-refractivity contribution in [2.45, 2.75) is 75.1 Å². The number of aryl methyl sites for hydroxylation is 1. The Hall–Kier alpha value is -4.44. The topological polar surface area (TPSA) is 137 Å². The normalized spacial score (nSPS) is 23.6. The molecule has 4 atom stereocenters. The highest BCUT2D eigenvalue weighted by molar-refractivity contribution is 6.28. The van der Waals surface area contributed by atoms with E-state index in [2.05, 4.69) is 21.7 Å². The molecule has 3 N–H and O–H groups in total. The molecule has 2 aromatic heterocycles. The summed E-state index contributed by atoms with van der Waals surface area (Å²) in [7, 11) is 1.59. The minimum absolute atomic E-state index is 0.00428. The minimum Gasteiger partial charge on any atom is -0.436 e. The number of oxazole rings is 1. The number of methoxy groups -OCH3 is 1. The zero-order valence-corrected chi connectivity index (χ0v) is 29.3. The average molecular weight is 711 g/mol. The van der Waals surface area contributed by atoms with Crippen LogP contribution in [-0.4, -0.2) is 69.8 Å². The number of rotatable bonds is 11. The Bertz CT molecular complexity index is 2050. The molecule has 4 aromatic rings. The summed E-state index contributed by atoms with van der Waals surface area (Å²) in [5.41, 5.74) is 4.74. The third-order valence-corrected chi connectivity index (χ3v) is 10.7. The smallest absolute Gasteiger partial charge is 0.271 e. The van der Waals surface area contributed by atoms with Crippen LogP contribution in [0.4, 0.5) is 4.39 Å². The van der Waals surface area contributed by atoms with Crippen molar-refractivity contribution in [2.75, 3.05) is 20.2 Å². The lowest BCUT2D eigenvalue weighted by Gasteiger charge is -2.36. The lowest BCUT2D eigenvalue weighted by molar-refractivity contribution is 0.0591. The van der Waals surface area contributed by atoms with Crippen LogP contribution in [0.1, 0.15) is 69.0 Å². The molecule has 0 spiro atoms. The van der Waals surface area contributed by atoms with Crippen LogP contribution in [0.3, 0.4) is 0 Å². The summed E-state index contributed by atoms with van der Waals surface area (Å²) in [6, 6.07) is 15.3. The van der Waals surface area contributed by atoms with E-state index in [1.54, 1.807) is 31.5 Å². The lowest BCUT2D eigenvalue weighted by Crippen LogP contribution is -2.52. The number of alkyl halides is 2. The molecule has 0 radical (unpaired) electrons. The predicted molar refractivity (Wildman–Crippen MR) is 191 cm³/mol. The molecule has 10 nitrogen and oxygen atoms in total. The van der Waals surface area contributed by atoms with Crippen molar-refractivity contribution in [1.29, 1.82) is 5.26 Å². The zero-order valence-electron chi connectivity index (χ0n) is 28.5. The van der Waals surface area contributed by atoms with Crippen LogP contribution < -0.4 is 10.6 Å². The van der Waals surface area contributed by atoms with Gasteiger partial charge in [-0.3, -0.25) is 14.7 Å². The van der Waals surface area contributed by atoms with E-state index in [0.717, 1.165) is 52.7 Å². The SMILES string of the molecule is COCc1cc(C(=O)NC2(c3nc4cc(CN5CC(F)C5)cc(C#N)c4o3)C=CC=C(c3ccccc3C)C2Cl)ncc1CN[C@H]1CCC[C@H]1O. The third-order valence-electron chi connectivity index (χ3n) is 10.1. The molecule has 2 aromatic carbocycles. The highest BCUT2D eigenvalue weighted by Gasteiger charge is 2.47. The monoisotopic (exact) mass is 710 g/mol. The first kappa shape index (κ1) is 35.0. The maximum atomic E-state index is 14.3. The van der Waals surface area contributed by atoms with Gasteiger partial charge < -0.3 is 24.9 Å². The van der Waals surface area contributed by atoms with Gasteiger partial charge in [-0.15, -0.1) is 11.6 Å². The molecule has 2 aliphatic carbocycles. The van der Waals surface area contributed by atoms with E-state index < -0.39 is 23.0 Å². The molecule has 7 rings (SSSR count). The third kappa shape index (κ3) is 6.95. The molecule has 2 fully saturated rings. The van der Waals surface area contributed by atoms with Crippen LogP contribution in [0.2, 0.25) is 0 Å². The van der Waals surface area contributed by atoms with Crippen molar-refractivity contribution < 1.29 is 23.4 Å². The Morgan fingerprint density at radius 3 is 2.78 bits per heavy atom. The number of amides is 1. The van der Waals surface area contributed by atoms with Gasteiger partial charge in [-0.25, -0.2) is 9.37 Å². The summed E-state index contributed by atoms with van der Waals surface area (Å²) < 4.78 is 25.4. The van der Waals surface area contributed by atoms with Crippen LogP contribution in [-0.2, 0) is 30.0 Å². The van der Waals surface area contributed by atoms with Gasteiger partial charge in [0.15, 0.2) is 11.1 Å². The zero-order chi connectivity index (χ0) is 35.7. The molecule has 1 saturated heterocycles. The van der Waals surface area contributed by atoms with Crippen LogP contribution >= 0.6 is 11.6 Å². The highest BCUT2D eigenvalue weighted by Crippen LogP contribution is 2.43. The second-order valence-electron chi connectivity index (χ2n) is 13.7. The van der Waals surface area contributed by atoms with Crippen molar-refractivity contribution in [3.8, 4) is 6.07 Å². The molecule has 264 valence electrons. The number of nitrogens with zero attached hydrogens (tertiary/aromatic N) is 4. The fourth-order valence-electron chi connectivity index (χ4n) is 7.29. The van der Waals surface area contributed by atoms with Gasteiger partial charge in [-0.1, -0.05) is 36.4 Å². The number of fused-ring (bicyclic) bond motifs is 1. The fraction of sp³-hybridized carbons (Fsp3) is 0.385. The van der Waals surface area contributed by atoms with Crippen LogP contribution in [0.15, 0.2) is 71.3 Å². The number of likely N-dealkylation sites (tertiary alicyclic amines) is 1. The summed E-state index contributed by atoms with van der Waals surface area (Å²) in [6.07, 6.45) is 8.55. The number of aromatic nitrogens is 2. The quantitative estimate of drug-likeness (QED) is 0.170. The molecular weight excluding hydrogens is 671 g/mol. The number of pyridine rings is 1. The molecule has 3 heterocycles. The molecule has 0 bridgehead atoms. The van der Waals surface area contributed by atoms with E-state index in [1.165, 1.54) is 0 Å². The van der Waals surface area contributed by atoms with Gasteiger partial charge in [0.05, 0.1) is 23.7 Å². The number of nitriles is 1. The van der Waals surface area contributed by atoms with Gasteiger partial charge in [-0.2, -0.15) is 5.26 Å². The summed E-state index contributed by atoms with van der Waals surface area (Å²) in [4.78, 5) is 25.6. The lowest BCUT2D eigenvalue weighted by atomic mass is 9.81. The number of halogens is 2. The predicted octanol–water partition coefficient (Wildman–Crippen LogP) is 5.59. The van der Waals surface area contributed by atoms with E-state index in [0.29, 0.717) is 31.7 Å². The molecule has 12 heteroatoms. The molecule has 1 amide bonds. The van der Waals surface area contributed by atoms with Gasteiger partial charge in [0, 0.05) is 45.5 Å². The number of ether oxygens (including phenoxy) is 1. The maximum absolute atomic E-state index is 14.3. The maximum Gasteiger partial charge on any atom is 0.271 e. The number of carbonyl (C=O) groups is 1.